The normalized spacial score (nSPS) is 11.9. The molecule has 0 aliphatic heterocycles. The van der Waals surface area contributed by atoms with E-state index >= 15 is 0 Å². The largest absolute Gasteiger partial charge is 0.480 e. The van der Waals surface area contributed by atoms with Gasteiger partial charge in [0.15, 0.2) is 0 Å². The van der Waals surface area contributed by atoms with Crippen molar-refractivity contribution in [3.8, 4) is 0 Å². The number of carbonyl (C=O) groups excluding carboxylic acids is 1. The lowest BCUT2D eigenvalue weighted by Crippen LogP contribution is -2.41. The maximum atomic E-state index is 12.0. The molecule has 0 aliphatic rings. The number of hydrogen-bond donors (Lipinski definition) is 3. The summed E-state index contributed by atoms with van der Waals surface area (Å²) in [4.78, 5) is 23.1. The second-order valence-electron chi connectivity index (χ2n) is 4.46. The molecule has 1 amide bonds. The van der Waals surface area contributed by atoms with Gasteiger partial charge in [-0.2, -0.15) is 0 Å². The lowest BCUT2D eigenvalue weighted by atomic mass is 10.1. The Bertz CT molecular complexity index is 446. The van der Waals surface area contributed by atoms with Crippen LogP contribution in [0, 0.1) is 6.92 Å². The van der Waals surface area contributed by atoms with Crippen molar-refractivity contribution in [1.82, 2.24) is 5.32 Å². The number of carboxylic acid groups (broad SMARTS) is 1. The van der Waals surface area contributed by atoms with Crippen LogP contribution in [0.25, 0.3) is 0 Å². The molecular weight excluding hydrogens is 244 g/mol. The highest BCUT2D eigenvalue weighted by Gasteiger charge is 2.20. The standard InChI is InChI=1S/C14H20N2O3/c1-10-6-2-3-7-11(10)13(17)16-12(14(18)19)8-4-5-9-15/h2-3,6-7,12H,4-5,8-9,15H2,1H3,(H,16,17)(H,18,19)/t12-/m0/s1. The van der Waals surface area contributed by atoms with Gasteiger partial charge in [-0.15, -0.1) is 0 Å². The summed E-state index contributed by atoms with van der Waals surface area (Å²) in [6.45, 7) is 2.34. The molecule has 0 aliphatic carbocycles. The van der Waals surface area contributed by atoms with Crippen LogP contribution in [0.2, 0.25) is 0 Å². The maximum Gasteiger partial charge on any atom is 0.326 e. The van der Waals surface area contributed by atoms with Crippen LogP contribution >= 0.6 is 0 Å². The Morgan fingerprint density at radius 2 is 2.00 bits per heavy atom. The third kappa shape index (κ3) is 4.71. The third-order valence-corrected chi connectivity index (χ3v) is 2.94. The summed E-state index contributed by atoms with van der Waals surface area (Å²) in [5.41, 5.74) is 6.70. The lowest BCUT2D eigenvalue weighted by molar-refractivity contribution is -0.139. The van der Waals surface area contributed by atoms with Crippen LogP contribution in [0.4, 0.5) is 0 Å². The fourth-order valence-electron chi connectivity index (χ4n) is 1.81. The zero-order chi connectivity index (χ0) is 14.3. The van der Waals surface area contributed by atoms with Crippen LogP contribution in [0.15, 0.2) is 24.3 Å². The Kier molecular flexibility index (Phi) is 6.02. The number of nitrogens with two attached hydrogens (primary N) is 1. The van der Waals surface area contributed by atoms with Crippen molar-refractivity contribution in [3.63, 3.8) is 0 Å². The molecule has 0 radical (unpaired) electrons. The van der Waals surface area contributed by atoms with Crippen LogP contribution < -0.4 is 11.1 Å². The summed E-state index contributed by atoms with van der Waals surface area (Å²) in [7, 11) is 0. The minimum absolute atomic E-state index is 0.349. The molecule has 0 bridgehead atoms. The Hall–Kier alpha value is -1.88. The Morgan fingerprint density at radius 1 is 1.32 bits per heavy atom. The van der Waals surface area contributed by atoms with Gasteiger partial charge in [-0.3, -0.25) is 4.79 Å². The van der Waals surface area contributed by atoms with Crippen LogP contribution in [-0.4, -0.2) is 29.6 Å². The summed E-state index contributed by atoms with van der Waals surface area (Å²) in [5.74, 6) is -1.36. The first kappa shape index (κ1) is 15.2. The fourth-order valence-corrected chi connectivity index (χ4v) is 1.81. The molecule has 0 saturated carbocycles. The quantitative estimate of drug-likeness (QED) is 0.647. The van der Waals surface area contributed by atoms with Crippen LogP contribution in [0.5, 0.6) is 0 Å². The van der Waals surface area contributed by atoms with Crippen molar-refractivity contribution in [2.75, 3.05) is 6.54 Å². The second-order valence-corrected chi connectivity index (χ2v) is 4.46. The van der Waals surface area contributed by atoms with E-state index in [0.717, 1.165) is 12.0 Å². The number of amides is 1. The maximum absolute atomic E-state index is 12.0. The topological polar surface area (TPSA) is 92.4 Å². The van der Waals surface area contributed by atoms with Gasteiger partial charge in [0, 0.05) is 5.56 Å². The molecule has 5 heteroatoms. The summed E-state index contributed by atoms with van der Waals surface area (Å²) >= 11 is 0. The van der Waals surface area contributed by atoms with Gasteiger partial charge in [0.1, 0.15) is 6.04 Å². The predicted octanol–water partition coefficient (Wildman–Crippen LogP) is 1.31. The highest BCUT2D eigenvalue weighted by atomic mass is 16.4. The van der Waals surface area contributed by atoms with Crippen molar-refractivity contribution in [2.45, 2.75) is 32.2 Å². The number of carboxylic acids is 1. The minimum atomic E-state index is -1.01. The highest BCUT2D eigenvalue weighted by molar-refractivity contribution is 5.97. The van der Waals surface area contributed by atoms with E-state index in [4.69, 9.17) is 10.8 Å². The van der Waals surface area contributed by atoms with Crippen molar-refractivity contribution < 1.29 is 14.7 Å². The first-order valence-corrected chi connectivity index (χ1v) is 6.35. The summed E-state index contributed by atoms with van der Waals surface area (Å²) in [6.07, 6.45) is 1.83. The summed E-state index contributed by atoms with van der Waals surface area (Å²) < 4.78 is 0. The molecule has 1 rings (SSSR count). The van der Waals surface area contributed by atoms with E-state index in [1.807, 2.05) is 19.1 Å². The molecule has 4 N–H and O–H groups in total. The van der Waals surface area contributed by atoms with Gasteiger partial charge in [-0.1, -0.05) is 18.2 Å². The summed E-state index contributed by atoms with van der Waals surface area (Å²) in [6, 6.07) is 6.23. The number of unbranched alkanes of at least 4 members (excludes halogenated alkanes) is 1. The molecular formula is C14H20N2O3. The number of benzene rings is 1. The monoisotopic (exact) mass is 264 g/mol. The molecule has 0 aromatic heterocycles. The predicted molar refractivity (Wildman–Crippen MR) is 73.0 cm³/mol. The van der Waals surface area contributed by atoms with Crippen molar-refractivity contribution in [1.29, 1.82) is 0 Å². The van der Waals surface area contributed by atoms with Gasteiger partial charge >= 0.3 is 5.97 Å². The van der Waals surface area contributed by atoms with E-state index in [9.17, 15) is 9.59 Å². The molecule has 104 valence electrons. The number of aryl methyl sites for hydroxylation is 1. The lowest BCUT2D eigenvalue weighted by Gasteiger charge is -2.15. The van der Waals surface area contributed by atoms with Gasteiger partial charge in [0.2, 0.25) is 0 Å². The van der Waals surface area contributed by atoms with Gasteiger partial charge < -0.3 is 16.2 Å². The highest BCUT2D eigenvalue weighted by Crippen LogP contribution is 2.08. The van der Waals surface area contributed by atoms with Gasteiger partial charge in [0.05, 0.1) is 0 Å². The van der Waals surface area contributed by atoms with Crippen LogP contribution in [0.1, 0.15) is 35.2 Å². The zero-order valence-electron chi connectivity index (χ0n) is 11.1. The molecule has 0 spiro atoms. The number of hydrogen-bond acceptors (Lipinski definition) is 3. The Labute approximate surface area is 112 Å². The Morgan fingerprint density at radius 3 is 2.58 bits per heavy atom. The molecule has 1 aromatic rings. The first-order chi connectivity index (χ1) is 9.06. The molecule has 1 aromatic carbocycles. The molecule has 5 nitrogen and oxygen atoms in total. The number of carbonyl (C=O) groups is 2. The van der Waals surface area contributed by atoms with E-state index in [1.54, 1.807) is 12.1 Å². The first-order valence-electron chi connectivity index (χ1n) is 6.35. The van der Waals surface area contributed by atoms with Crippen molar-refractivity contribution in [3.05, 3.63) is 35.4 Å². The molecule has 0 unspecified atom stereocenters. The van der Waals surface area contributed by atoms with Crippen LogP contribution in [-0.2, 0) is 4.79 Å². The van der Waals surface area contributed by atoms with Gasteiger partial charge in [-0.25, -0.2) is 4.79 Å². The average molecular weight is 264 g/mol. The van der Waals surface area contributed by atoms with Gasteiger partial charge in [-0.05, 0) is 44.4 Å². The van der Waals surface area contributed by atoms with Crippen molar-refractivity contribution >= 4 is 11.9 Å². The molecule has 0 saturated heterocycles. The van der Waals surface area contributed by atoms with Crippen LogP contribution in [0.3, 0.4) is 0 Å². The number of aliphatic carboxylic acids is 1. The van der Waals surface area contributed by atoms with E-state index in [0.29, 0.717) is 24.9 Å². The number of nitrogens with one attached hydrogen (secondary N) is 1. The molecule has 19 heavy (non-hydrogen) atoms. The number of rotatable bonds is 7. The van der Waals surface area contributed by atoms with E-state index < -0.39 is 12.0 Å². The van der Waals surface area contributed by atoms with Crippen molar-refractivity contribution in [2.24, 2.45) is 5.73 Å². The summed E-state index contributed by atoms with van der Waals surface area (Å²) in [5, 5.41) is 11.6. The zero-order valence-corrected chi connectivity index (χ0v) is 11.1. The average Bonchev–Trinajstić information content (AvgIpc) is 2.38. The third-order valence-electron chi connectivity index (χ3n) is 2.94. The second kappa shape index (κ2) is 7.53. The SMILES string of the molecule is Cc1ccccc1C(=O)N[C@@H](CCCCN)C(=O)O. The molecule has 0 heterocycles. The van der Waals surface area contributed by atoms with E-state index in [-0.39, 0.29) is 5.91 Å². The van der Waals surface area contributed by atoms with E-state index in [1.165, 1.54) is 0 Å². The fraction of sp³-hybridized carbons (Fsp3) is 0.429. The minimum Gasteiger partial charge on any atom is -0.480 e. The molecule has 1 atom stereocenters. The van der Waals surface area contributed by atoms with E-state index in [2.05, 4.69) is 5.32 Å². The smallest absolute Gasteiger partial charge is 0.326 e. The molecule has 0 fully saturated rings. The Balaban J connectivity index is 2.66. The van der Waals surface area contributed by atoms with Gasteiger partial charge in [0.25, 0.3) is 5.91 Å².